The minimum atomic E-state index is 0.301. The summed E-state index contributed by atoms with van der Waals surface area (Å²) in [5.74, 6) is 0.642. The zero-order valence-electron chi connectivity index (χ0n) is 11.6. The molecule has 0 bridgehead atoms. The Bertz CT molecular complexity index is 466. The monoisotopic (exact) mass is 258 g/mol. The van der Waals surface area contributed by atoms with Crippen LogP contribution in [0.25, 0.3) is 0 Å². The summed E-state index contributed by atoms with van der Waals surface area (Å²) in [7, 11) is 1.98. The average Bonchev–Trinajstić information content (AvgIpc) is 3.08. The molecule has 1 aliphatic heterocycles. The maximum atomic E-state index is 12.4. The van der Waals surface area contributed by atoms with Crippen LogP contribution in [0.15, 0.2) is 24.3 Å². The Morgan fingerprint density at radius 3 is 2.84 bits per heavy atom. The van der Waals surface area contributed by atoms with Crippen LogP contribution in [0.5, 0.6) is 0 Å². The molecule has 0 spiro atoms. The number of amides is 1. The van der Waals surface area contributed by atoms with Crippen LogP contribution in [-0.2, 0) is 4.79 Å². The molecule has 2 aliphatic rings. The first-order chi connectivity index (χ1) is 9.25. The number of carbonyl (C=O) groups is 1. The van der Waals surface area contributed by atoms with E-state index in [0.717, 1.165) is 6.54 Å². The van der Waals surface area contributed by atoms with E-state index in [1.807, 2.05) is 18.0 Å². The minimum absolute atomic E-state index is 0.301. The smallest absolute Gasteiger partial charge is 0.223 e. The highest BCUT2D eigenvalue weighted by Crippen LogP contribution is 2.34. The molecule has 1 aromatic carbocycles. The van der Waals surface area contributed by atoms with Gasteiger partial charge in [-0.15, -0.1) is 0 Å². The quantitative estimate of drug-likeness (QED) is 0.904. The number of hydrogen-bond donors (Lipinski definition) is 1. The van der Waals surface area contributed by atoms with Gasteiger partial charge in [0, 0.05) is 37.7 Å². The molecule has 3 heteroatoms. The van der Waals surface area contributed by atoms with Gasteiger partial charge in [0.2, 0.25) is 5.91 Å². The summed E-state index contributed by atoms with van der Waals surface area (Å²) in [5, 5.41) is 3.39. The highest BCUT2D eigenvalue weighted by Gasteiger charge is 2.28. The van der Waals surface area contributed by atoms with E-state index in [-0.39, 0.29) is 0 Å². The fourth-order valence-electron chi connectivity index (χ4n) is 3.39. The fourth-order valence-corrected chi connectivity index (χ4v) is 3.39. The van der Waals surface area contributed by atoms with Crippen molar-refractivity contribution in [1.29, 1.82) is 0 Å². The van der Waals surface area contributed by atoms with Crippen molar-refractivity contribution in [2.45, 2.75) is 44.1 Å². The molecule has 1 atom stereocenters. The van der Waals surface area contributed by atoms with E-state index in [4.69, 9.17) is 0 Å². The number of nitrogens with zero attached hydrogens (tertiary/aromatic N) is 1. The number of rotatable bonds is 3. The first-order valence-electron chi connectivity index (χ1n) is 7.34. The van der Waals surface area contributed by atoms with Gasteiger partial charge in [-0.2, -0.15) is 0 Å². The van der Waals surface area contributed by atoms with Crippen molar-refractivity contribution in [3.05, 3.63) is 29.8 Å². The predicted molar refractivity (Wildman–Crippen MR) is 77.3 cm³/mol. The van der Waals surface area contributed by atoms with E-state index in [0.29, 0.717) is 24.3 Å². The Hall–Kier alpha value is -1.51. The molecular formula is C16H22N2O. The number of anilines is 1. The lowest BCUT2D eigenvalue weighted by atomic mass is 9.97. The van der Waals surface area contributed by atoms with E-state index in [1.54, 1.807) is 0 Å². The summed E-state index contributed by atoms with van der Waals surface area (Å²) in [6.45, 7) is 0.892. The largest absolute Gasteiger partial charge is 0.384 e. The number of nitrogens with one attached hydrogen (secondary N) is 1. The summed E-state index contributed by atoms with van der Waals surface area (Å²) >= 11 is 0. The lowest BCUT2D eigenvalue weighted by Crippen LogP contribution is -2.36. The van der Waals surface area contributed by atoms with Crippen LogP contribution in [0, 0.1) is 0 Å². The first-order valence-corrected chi connectivity index (χ1v) is 7.34. The topological polar surface area (TPSA) is 32.3 Å². The van der Waals surface area contributed by atoms with E-state index in [9.17, 15) is 4.79 Å². The molecule has 19 heavy (non-hydrogen) atoms. The zero-order valence-corrected chi connectivity index (χ0v) is 11.6. The lowest BCUT2D eigenvalue weighted by molar-refractivity contribution is -0.132. The van der Waals surface area contributed by atoms with Crippen LogP contribution in [-0.4, -0.2) is 30.4 Å². The highest BCUT2D eigenvalue weighted by molar-refractivity contribution is 5.78. The Labute approximate surface area is 115 Å². The van der Waals surface area contributed by atoms with Gasteiger partial charge >= 0.3 is 0 Å². The Balaban J connectivity index is 1.64. The van der Waals surface area contributed by atoms with Crippen LogP contribution in [0.3, 0.4) is 0 Å². The molecule has 0 radical (unpaired) electrons. The van der Waals surface area contributed by atoms with Crippen molar-refractivity contribution >= 4 is 11.6 Å². The number of fused-ring (bicyclic) bond motifs is 1. The molecule has 102 valence electrons. The molecule has 0 saturated heterocycles. The number of hydrogen-bond acceptors (Lipinski definition) is 2. The Morgan fingerprint density at radius 1 is 1.32 bits per heavy atom. The second-order valence-corrected chi connectivity index (χ2v) is 5.81. The lowest BCUT2D eigenvalue weighted by Gasteiger charge is -2.25. The maximum absolute atomic E-state index is 12.4. The van der Waals surface area contributed by atoms with Crippen LogP contribution < -0.4 is 5.32 Å². The van der Waals surface area contributed by atoms with E-state index < -0.39 is 0 Å². The summed E-state index contributed by atoms with van der Waals surface area (Å²) in [6, 6.07) is 8.82. The van der Waals surface area contributed by atoms with Gasteiger partial charge in [-0.1, -0.05) is 31.0 Å². The van der Waals surface area contributed by atoms with Crippen LogP contribution in [0.4, 0.5) is 5.69 Å². The average molecular weight is 258 g/mol. The Morgan fingerprint density at radius 2 is 2.05 bits per heavy atom. The van der Waals surface area contributed by atoms with Crippen molar-refractivity contribution in [1.82, 2.24) is 4.90 Å². The summed E-state index contributed by atoms with van der Waals surface area (Å²) in [6.07, 6.45) is 5.55. The normalized spacial score (nSPS) is 22.1. The summed E-state index contributed by atoms with van der Waals surface area (Å²) in [4.78, 5) is 14.4. The predicted octanol–water partition coefficient (Wildman–Crippen LogP) is 2.99. The number of carbonyl (C=O) groups excluding carboxylic acids is 1. The van der Waals surface area contributed by atoms with Gasteiger partial charge in [0.05, 0.1) is 0 Å². The molecule has 1 fully saturated rings. The van der Waals surface area contributed by atoms with Crippen molar-refractivity contribution < 1.29 is 4.79 Å². The van der Waals surface area contributed by atoms with Crippen molar-refractivity contribution in [3.63, 3.8) is 0 Å². The van der Waals surface area contributed by atoms with Crippen LogP contribution in [0.2, 0.25) is 0 Å². The van der Waals surface area contributed by atoms with Crippen molar-refractivity contribution in [2.24, 2.45) is 0 Å². The minimum Gasteiger partial charge on any atom is -0.384 e. The van der Waals surface area contributed by atoms with Gasteiger partial charge in [-0.3, -0.25) is 4.79 Å². The summed E-state index contributed by atoms with van der Waals surface area (Å²) < 4.78 is 0. The van der Waals surface area contributed by atoms with Gasteiger partial charge in [0.15, 0.2) is 0 Å². The molecular weight excluding hydrogens is 236 g/mol. The second kappa shape index (κ2) is 5.24. The van der Waals surface area contributed by atoms with Crippen LogP contribution >= 0.6 is 0 Å². The van der Waals surface area contributed by atoms with Gasteiger partial charge in [-0.05, 0) is 24.5 Å². The molecule has 1 N–H and O–H groups in total. The number of benzene rings is 1. The van der Waals surface area contributed by atoms with Gasteiger partial charge < -0.3 is 10.2 Å². The third-order valence-corrected chi connectivity index (χ3v) is 4.63. The molecule has 1 saturated carbocycles. The molecule has 1 aliphatic carbocycles. The molecule has 3 nitrogen and oxygen atoms in total. The SMILES string of the molecule is CN(C(=O)CC1CNc2ccccc21)C1CCCC1. The van der Waals surface area contributed by atoms with E-state index in [1.165, 1.54) is 36.9 Å². The highest BCUT2D eigenvalue weighted by atomic mass is 16.2. The number of para-hydroxylation sites is 1. The third kappa shape index (κ3) is 2.46. The van der Waals surface area contributed by atoms with Gasteiger partial charge in [0.1, 0.15) is 0 Å². The van der Waals surface area contributed by atoms with Crippen LogP contribution in [0.1, 0.15) is 43.6 Å². The van der Waals surface area contributed by atoms with E-state index in [2.05, 4.69) is 23.5 Å². The van der Waals surface area contributed by atoms with E-state index >= 15 is 0 Å². The first kappa shape index (κ1) is 12.5. The zero-order chi connectivity index (χ0) is 13.2. The van der Waals surface area contributed by atoms with Crippen molar-refractivity contribution in [3.8, 4) is 0 Å². The van der Waals surface area contributed by atoms with Gasteiger partial charge in [-0.25, -0.2) is 0 Å². The fraction of sp³-hybridized carbons (Fsp3) is 0.562. The second-order valence-electron chi connectivity index (χ2n) is 5.81. The molecule has 1 heterocycles. The Kier molecular flexibility index (Phi) is 3.45. The molecule has 1 amide bonds. The summed E-state index contributed by atoms with van der Waals surface area (Å²) in [5.41, 5.74) is 2.50. The van der Waals surface area contributed by atoms with Crippen molar-refractivity contribution in [2.75, 3.05) is 18.9 Å². The molecule has 3 rings (SSSR count). The molecule has 0 aromatic heterocycles. The molecule has 1 aromatic rings. The maximum Gasteiger partial charge on any atom is 0.223 e. The standard InChI is InChI=1S/C16H22N2O/c1-18(13-6-2-3-7-13)16(19)10-12-11-17-15-9-5-4-8-14(12)15/h4-5,8-9,12-13,17H,2-3,6-7,10-11H2,1H3. The molecule has 1 unspecified atom stereocenters. The third-order valence-electron chi connectivity index (χ3n) is 4.63. The van der Waals surface area contributed by atoms with Gasteiger partial charge in [0.25, 0.3) is 0 Å².